The molecule has 2 rings (SSSR count). The van der Waals surface area contributed by atoms with E-state index in [1.165, 1.54) is 6.20 Å². The van der Waals surface area contributed by atoms with Crippen molar-refractivity contribution in [3.05, 3.63) is 58.9 Å². The van der Waals surface area contributed by atoms with E-state index in [4.69, 9.17) is 5.26 Å². The van der Waals surface area contributed by atoms with Gasteiger partial charge in [-0.15, -0.1) is 0 Å². The van der Waals surface area contributed by atoms with Crippen molar-refractivity contribution in [1.82, 2.24) is 4.98 Å². The minimum atomic E-state index is -0.206. The van der Waals surface area contributed by atoms with Crippen molar-refractivity contribution in [2.75, 3.05) is 5.32 Å². The smallest absolute Gasteiger partial charge is 0.257 e. The summed E-state index contributed by atoms with van der Waals surface area (Å²) in [5.41, 5.74) is 3.86. The van der Waals surface area contributed by atoms with Gasteiger partial charge in [0, 0.05) is 11.9 Å². The molecule has 0 bridgehead atoms. The zero-order chi connectivity index (χ0) is 15.2. The van der Waals surface area contributed by atoms with Crippen molar-refractivity contribution in [1.29, 1.82) is 5.26 Å². The molecular weight excluding hydrogens is 262 g/mol. The van der Waals surface area contributed by atoms with E-state index in [0.717, 1.165) is 29.7 Å². The number of nitrogens with one attached hydrogen (secondary N) is 1. The summed E-state index contributed by atoms with van der Waals surface area (Å²) in [5, 5.41) is 11.7. The molecule has 4 heteroatoms. The highest BCUT2D eigenvalue weighted by atomic mass is 16.1. The number of nitriles is 1. The van der Waals surface area contributed by atoms with E-state index in [9.17, 15) is 4.79 Å². The Balaban J connectivity index is 2.28. The van der Waals surface area contributed by atoms with Gasteiger partial charge in [-0.3, -0.25) is 4.79 Å². The van der Waals surface area contributed by atoms with E-state index in [1.54, 1.807) is 12.1 Å². The summed E-state index contributed by atoms with van der Waals surface area (Å²) in [6.45, 7) is 4.13. The highest BCUT2D eigenvalue weighted by Crippen LogP contribution is 2.23. The van der Waals surface area contributed by atoms with Crippen LogP contribution >= 0.6 is 0 Å². The molecule has 0 atom stereocenters. The van der Waals surface area contributed by atoms with Gasteiger partial charge in [0.2, 0.25) is 0 Å². The van der Waals surface area contributed by atoms with E-state index in [2.05, 4.69) is 24.1 Å². The van der Waals surface area contributed by atoms with Crippen LogP contribution in [0.3, 0.4) is 0 Å². The molecule has 0 spiro atoms. The average molecular weight is 279 g/mol. The monoisotopic (exact) mass is 279 g/mol. The fourth-order valence-corrected chi connectivity index (χ4v) is 2.18. The Morgan fingerprint density at radius 1 is 1.19 bits per heavy atom. The van der Waals surface area contributed by atoms with Crippen molar-refractivity contribution < 1.29 is 4.79 Å². The summed E-state index contributed by atoms with van der Waals surface area (Å²) < 4.78 is 0. The molecule has 0 aliphatic heterocycles. The number of para-hydroxylation sites is 1. The molecule has 0 aliphatic carbocycles. The van der Waals surface area contributed by atoms with E-state index in [1.807, 2.05) is 24.3 Å². The third kappa shape index (κ3) is 3.26. The SMILES string of the molecule is CCc1cccc(CC)c1NC(=O)c1ccc(C#N)nc1. The molecule has 0 saturated heterocycles. The number of rotatable bonds is 4. The molecule has 0 aliphatic rings. The van der Waals surface area contributed by atoms with Gasteiger partial charge in [-0.05, 0) is 36.1 Å². The number of benzene rings is 1. The van der Waals surface area contributed by atoms with Crippen LogP contribution in [0.25, 0.3) is 0 Å². The number of hydrogen-bond acceptors (Lipinski definition) is 3. The summed E-state index contributed by atoms with van der Waals surface area (Å²) in [6.07, 6.45) is 3.14. The van der Waals surface area contributed by atoms with Crippen LogP contribution < -0.4 is 5.32 Å². The Labute approximate surface area is 124 Å². The number of anilines is 1. The van der Waals surface area contributed by atoms with E-state index in [-0.39, 0.29) is 5.91 Å². The Morgan fingerprint density at radius 2 is 1.86 bits per heavy atom. The predicted octanol–water partition coefficient (Wildman–Crippen LogP) is 3.33. The molecule has 0 radical (unpaired) electrons. The zero-order valence-corrected chi connectivity index (χ0v) is 12.2. The molecule has 0 unspecified atom stereocenters. The lowest BCUT2D eigenvalue weighted by Crippen LogP contribution is -2.15. The Bertz CT molecular complexity index is 662. The van der Waals surface area contributed by atoms with Gasteiger partial charge in [0.05, 0.1) is 5.56 Å². The minimum absolute atomic E-state index is 0.206. The lowest BCUT2D eigenvalue weighted by atomic mass is 10.0. The van der Waals surface area contributed by atoms with Crippen LogP contribution in [-0.2, 0) is 12.8 Å². The fourth-order valence-electron chi connectivity index (χ4n) is 2.18. The van der Waals surface area contributed by atoms with Crippen LogP contribution in [0.5, 0.6) is 0 Å². The van der Waals surface area contributed by atoms with Gasteiger partial charge in [-0.1, -0.05) is 32.0 Å². The van der Waals surface area contributed by atoms with Crippen LogP contribution in [0, 0.1) is 11.3 Å². The maximum Gasteiger partial charge on any atom is 0.257 e. The summed E-state index contributed by atoms with van der Waals surface area (Å²) >= 11 is 0. The largest absolute Gasteiger partial charge is 0.321 e. The molecule has 21 heavy (non-hydrogen) atoms. The standard InChI is InChI=1S/C17H17N3O/c1-3-12-6-5-7-13(4-2)16(12)20-17(21)14-8-9-15(10-18)19-11-14/h5-9,11H,3-4H2,1-2H3,(H,20,21). The van der Waals surface area contributed by atoms with E-state index >= 15 is 0 Å². The molecule has 1 aromatic heterocycles. The van der Waals surface area contributed by atoms with Gasteiger partial charge >= 0.3 is 0 Å². The van der Waals surface area contributed by atoms with Gasteiger partial charge in [0.1, 0.15) is 11.8 Å². The number of amides is 1. The topological polar surface area (TPSA) is 65.8 Å². The van der Waals surface area contributed by atoms with Crippen LogP contribution in [0.15, 0.2) is 36.5 Å². The van der Waals surface area contributed by atoms with Crippen LogP contribution in [-0.4, -0.2) is 10.9 Å². The Hall–Kier alpha value is -2.67. The lowest BCUT2D eigenvalue weighted by Gasteiger charge is -2.14. The first-order valence-electron chi connectivity index (χ1n) is 6.97. The number of nitrogens with zero attached hydrogens (tertiary/aromatic N) is 2. The van der Waals surface area contributed by atoms with Crippen molar-refractivity contribution >= 4 is 11.6 Å². The van der Waals surface area contributed by atoms with Crippen molar-refractivity contribution in [3.63, 3.8) is 0 Å². The van der Waals surface area contributed by atoms with Crippen LogP contribution in [0.4, 0.5) is 5.69 Å². The zero-order valence-electron chi connectivity index (χ0n) is 12.2. The lowest BCUT2D eigenvalue weighted by molar-refractivity contribution is 0.102. The third-order valence-corrected chi connectivity index (χ3v) is 3.38. The van der Waals surface area contributed by atoms with Gasteiger partial charge in [0.25, 0.3) is 5.91 Å². The van der Waals surface area contributed by atoms with Crippen LogP contribution in [0.1, 0.15) is 41.0 Å². The van der Waals surface area contributed by atoms with E-state index < -0.39 is 0 Å². The molecule has 1 amide bonds. The van der Waals surface area contributed by atoms with E-state index in [0.29, 0.717) is 11.3 Å². The van der Waals surface area contributed by atoms with Crippen molar-refractivity contribution in [3.8, 4) is 6.07 Å². The molecule has 0 saturated carbocycles. The number of hydrogen-bond donors (Lipinski definition) is 1. The normalized spacial score (nSPS) is 9.95. The Kier molecular flexibility index (Phi) is 4.68. The maximum absolute atomic E-state index is 12.3. The second-order valence-corrected chi connectivity index (χ2v) is 4.66. The maximum atomic E-state index is 12.3. The highest BCUT2D eigenvalue weighted by Gasteiger charge is 2.12. The first-order chi connectivity index (χ1) is 10.2. The first-order valence-corrected chi connectivity index (χ1v) is 6.97. The molecule has 1 aromatic carbocycles. The molecule has 1 N–H and O–H groups in total. The summed E-state index contributed by atoms with van der Waals surface area (Å²) in [5.74, 6) is -0.206. The average Bonchev–Trinajstić information content (AvgIpc) is 2.55. The quantitative estimate of drug-likeness (QED) is 0.933. The predicted molar refractivity (Wildman–Crippen MR) is 82.1 cm³/mol. The second kappa shape index (κ2) is 6.67. The van der Waals surface area contributed by atoms with Gasteiger partial charge in [-0.2, -0.15) is 5.26 Å². The fraction of sp³-hybridized carbons (Fsp3) is 0.235. The molecular formula is C17H17N3O. The van der Waals surface area contributed by atoms with Crippen molar-refractivity contribution in [2.45, 2.75) is 26.7 Å². The highest BCUT2D eigenvalue weighted by molar-refractivity contribution is 6.04. The van der Waals surface area contributed by atoms with Crippen molar-refractivity contribution in [2.24, 2.45) is 0 Å². The molecule has 2 aromatic rings. The summed E-state index contributed by atoms with van der Waals surface area (Å²) in [7, 11) is 0. The third-order valence-electron chi connectivity index (χ3n) is 3.38. The molecule has 106 valence electrons. The number of carbonyl (C=O) groups is 1. The number of aromatic nitrogens is 1. The Morgan fingerprint density at radius 3 is 2.33 bits per heavy atom. The summed E-state index contributed by atoms with van der Waals surface area (Å²) in [4.78, 5) is 16.2. The molecule has 0 fully saturated rings. The first kappa shape index (κ1) is 14.7. The molecule has 1 heterocycles. The van der Waals surface area contributed by atoms with Gasteiger partial charge in [-0.25, -0.2) is 4.98 Å². The minimum Gasteiger partial charge on any atom is -0.321 e. The number of aryl methyl sites for hydroxylation is 2. The second-order valence-electron chi connectivity index (χ2n) is 4.66. The summed E-state index contributed by atoms with van der Waals surface area (Å²) in [6, 6.07) is 11.1. The number of carbonyl (C=O) groups excluding carboxylic acids is 1. The van der Waals surface area contributed by atoms with Crippen LogP contribution in [0.2, 0.25) is 0 Å². The number of pyridine rings is 1. The molecule has 4 nitrogen and oxygen atoms in total. The van der Waals surface area contributed by atoms with Gasteiger partial charge < -0.3 is 5.32 Å². The van der Waals surface area contributed by atoms with Gasteiger partial charge in [0.15, 0.2) is 0 Å².